The van der Waals surface area contributed by atoms with Crippen molar-refractivity contribution < 1.29 is 14.3 Å². The van der Waals surface area contributed by atoms with Crippen LogP contribution in [0.4, 0.5) is 4.79 Å². The van der Waals surface area contributed by atoms with Crippen LogP contribution in [0.5, 0.6) is 0 Å². The van der Waals surface area contributed by atoms with Crippen molar-refractivity contribution in [2.24, 2.45) is 0 Å². The molecule has 8 nitrogen and oxygen atoms in total. The summed E-state index contributed by atoms with van der Waals surface area (Å²) in [6, 6.07) is 1.96. The number of morpholine rings is 1. The Morgan fingerprint density at radius 1 is 1.12 bits per heavy atom. The average molecular weight is 365 g/mol. The first-order valence-corrected chi connectivity index (χ1v) is 9.52. The lowest BCUT2D eigenvalue weighted by molar-refractivity contribution is -0.119. The maximum atomic E-state index is 12.4. The third kappa shape index (κ3) is 5.30. The molecule has 3 rings (SSSR count). The number of aromatic nitrogens is 2. The number of amides is 3. The summed E-state index contributed by atoms with van der Waals surface area (Å²) in [4.78, 5) is 36.4. The number of hydrogen-bond acceptors (Lipinski definition) is 6. The van der Waals surface area contributed by atoms with E-state index in [9.17, 15) is 9.59 Å². The molecule has 0 spiro atoms. The van der Waals surface area contributed by atoms with E-state index >= 15 is 0 Å². The number of thioether (sulfide) groups is 1. The number of nitrogens with one attached hydrogen (secondary N) is 1. The molecule has 0 bridgehead atoms. The topological polar surface area (TPSA) is 87.7 Å². The van der Waals surface area contributed by atoms with Gasteiger partial charge in [-0.2, -0.15) is 0 Å². The molecule has 2 fully saturated rings. The molecule has 3 heterocycles. The number of nitrogens with zero attached hydrogens (tertiary/aromatic N) is 4. The van der Waals surface area contributed by atoms with Gasteiger partial charge in [0.1, 0.15) is 0 Å². The van der Waals surface area contributed by atoms with Gasteiger partial charge >= 0.3 is 6.03 Å². The molecule has 0 aliphatic carbocycles. The van der Waals surface area contributed by atoms with Gasteiger partial charge in [-0.15, -0.1) is 0 Å². The van der Waals surface area contributed by atoms with E-state index in [0.717, 1.165) is 12.8 Å². The molecule has 0 saturated carbocycles. The Morgan fingerprint density at radius 2 is 1.76 bits per heavy atom. The summed E-state index contributed by atoms with van der Waals surface area (Å²) in [6.45, 7) is 3.90. The smallest absolute Gasteiger partial charge is 0.320 e. The van der Waals surface area contributed by atoms with E-state index in [1.165, 1.54) is 11.8 Å². The quantitative estimate of drug-likeness (QED) is 0.621. The van der Waals surface area contributed by atoms with Crippen molar-refractivity contribution in [2.75, 3.05) is 45.1 Å². The van der Waals surface area contributed by atoms with Crippen molar-refractivity contribution in [3.05, 3.63) is 18.5 Å². The molecule has 2 saturated heterocycles. The van der Waals surface area contributed by atoms with Crippen LogP contribution in [0.1, 0.15) is 12.8 Å². The molecule has 3 amide bonds. The van der Waals surface area contributed by atoms with Crippen LogP contribution in [-0.4, -0.2) is 82.9 Å². The van der Waals surface area contributed by atoms with E-state index in [0.29, 0.717) is 50.3 Å². The van der Waals surface area contributed by atoms with E-state index < -0.39 is 0 Å². The minimum absolute atomic E-state index is 0.0181. The lowest BCUT2D eigenvalue weighted by Crippen LogP contribution is -2.53. The SMILES string of the molecule is O=C(CSc1ncccn1)NC1CCN(C(=O)N2CCOCC2)CC1. The molecule has 1 aromatic heterocycles. The predicted octanol–water partition coefficient (Wildman–Crippen LogP) is 0.602. The fourth-order valence-electron chi connectivity index (χ4n) is 2.93. The summed E-state index contributed by atoms with van der Waals surface area (Å²) in [6.07, 6.45) is 4.89. The molecule has 25 heavy (non-hydrogen) atoms. The average Bonchev–Trinajstić information content (AvgIpc) is 2.68. The summed E-state index contributed by atoms with van der Waals surface area (Å²) in [7, 11) is 0. The Labute approximate surface area is 151 Å². The van der Waals surface area contributed by atoms with Crippen LogP contribution in [0.2, 0.25) is 0 Å². The Morgan fingerprint density at radius 3 is 2.44 bits per heavy atom. The van der Waals surface area contributed by atoms with Crippen LogP contribution in [0.3, 0.4) is 0 Å². The monoisotopic (exact) mass is 365 g/mol. The maximum absolute atomic E-state index is 12.4. The number of rotatable bonds is 4. The molecule has 2 aliphatic heterocycles. The van der Waals surface area contributed by atoms with Crippen LogP contribution in [0, 0.1) is 0 Å². The third-order valence-electron chi connectivity index (χ3n) is 4.29. The van der Waals surface area contributed by atoms with Gasteiger partial charge < -0.3 is 19.9 Å². The lowest BCUT2D eigenvalue weighted by atomic mass is 10.1. The van der Waals surface area contributed by atoms with Crippen molar-refractivity contribution in [3.8, 4) is 0 Å². The molecule has 9 heteroatoms. The summed E-state index contributed by atoms with van der Waals surface area (Å²) < 4.78 is 5.28. The van der Waals surface area contributed by atoms with Gasteiger partial charge in [0, 0.05) is 44.6 Å². The number of piperidine rings is 1. The minimum atomic E-state index is -0.0181. The lowest BCUT2D eigenvalue weighted by Gasteiger charge is -2.37. The molecular weight excluding hydrogens is 342 g/mol. The predicted molar refractivity (Wildman–Crippen MR) is 93.3 cm³/mol. The van der Waals surface area contributed by atoms with Gasteiger partial charge in [-0.1, -0.05) is 11.8 Å². The van der Waals surface area contributed by atoms with Crippen molar-refractivity contribution in [1.82, 2.24) is 25.1 Å². The zero-order chi connectivity index (χ0) is 17.5. The first kappa shape index (κ1) is 17.9. The Bertz CT molecular complexity index is 574. The molecular formula is C16H23N5O3S. The van der Waals surface area contributed by atoms with Crippen molar-refractivity contribution in [3.63, 3.8) is 0 Å². The first-order chi connectivity index (χ1) is 12.2. The van der Waals surface area contributed by atoms with E-state index in [1.807, 2.05) is 9.80 Å². The second-order valence-corrected chi connectivity index (χ2v) is 6.97. The van der Waals surface area contributed by atoms with Gasteiger partial charge in [0.25, 0.3) is 0 Å². The normalized spacial score (nSPS) is 18.9. The maximum Gasteiger partial charge on any atom is 0.320 e. The molecule has 0 aromatic carbocycles. The number of carbonyl (C=O) groups is 2. The number of ether oxygens (including phenoxy) is 1. The van der Waals surface area contributed by atoms with Gasteiger partial charge in [-0.3, -0.25) is 4.79 Å². The van der Waals surface area contributed by atoms with Crippen LogP contribution in [0.15, 0.2) is 23.6 Å². The summed E-state index contributed by atoms with van der Waals surface area (Å²) >= 11 is 1.32. The van der Waals surface area contributed by atoms with Gasteiger partial charge in [-0.25, -0.2) is 14.8 Å². The standard InChI is InChI=1S/C16H23N5O3S/c22-14(12-25-15-17-4-1-5-18-15)19-13-2-6-20(7-3-13)16(23)21-8-10-24-11-9-21/h1,4-5,13H,2-3,6-12H2,(H,19,22). The van der Waals surface area contributed by atoms with E-state index in [2.05, 4.69) is 15.3 Å². The highest BCUT2D eigenvalue weighted by molar-refractivity contribution is 7.99. The van der Waals surface area contributed by atoms with Gasteiger partial charge in [0.15, 0.2) is 5.16 Å². The number of urea groups is 1. The largest absolute Gasteiger partial charge is 0.378 e. The van der Waals surface area contributed by atoms with Crippen LogP contribution < -0.4 is 5.32 Å². The van der Waals surface area contributed by atoms with E-state index in [-0.39, 0.29) is 18.0 Å². The number of hydrogen-bond donors (Lipinski definition) is 1. The molecule has 1 N–H and O–H groups in total. The van der Waals surface area contributed by atoms with Crippen molar-refractivity contribution in [1.29, 1.82) is 0 Å². The van der Waals surface area contributed by atoms with Crippen LogP contribution in [0.25, 0.3) is 0 Å². The molecule has 136 valence electrons. The second kappa shape index (κ2) is 9.00. The van der Waals surface area contributed by atoms with E-state index in [1.54, 1.807) is 18.5 Å². The molecule has 1 aromatic rings. The van der Waals surface area contributed by atoms with Crippen LogP contribution >= 0.6 is 11.8 Å². The van der Waals surface area contributed by atoms with Gasteiger partial charge in [-0.05, 0) is 18.9 Å². The first-order valence-electron chi connectivity index (χ1n) is 8.53. The van der Waals surface area contributed by atoms with Gasteiger partial charge in [0.05, 0.1) is 19.0 Å². The molecule has 0 atom stereocenters. The van der Waals surface area contributed by atoms with E-state index in [4.69, 9.17) is 4.74 Å². The summed E-state index contributed by atoms with van der Waals surface area (Å²) in [5.74, 6) is 0.284. The molecule has 0 unspecified atom stereocenters. The van der Waals surface area contributed by atoms with Crippen molar-refractivity contribution in [2.45, 2.75) is 24.0 Å². The summed E-state index contributed by atoms with van der Waals surface area (Å²) in [5.41, 5.74) is 0. The Kier molecular flexibility index (Phi) is 6.46. The highest BCUT2D eigenvalue weighted by Gasteiger charge is 2.27. The van der Waals surface area contributed by atoms with Gasteiger partial charge in [0.2, 0.25) is 5.91 Å². The Balaban J connectivity index is 1.37. The Hall–Kier alpha value is -1.87. The highest BCUT2D eigenvalue weighted by atomic mass is 32.2. The second-order valence-electron chi connectivity index (χ2n) is 6.03. The zero-order valence-electron chi connectivity index (χ0n) is 14.1. The number of carbonyl (C=O) groups excluding carboxylic acids is 2. The fraction of sp³-hybridized carbons (Fsp3) is 0.625. The summed E-state index contributed by atoms with van der Waals surface area (Å²) in [5, 5.41) is 3.64. The molecule has 2 aliphatic rings. The highest BCUT2D eigenvalue weighted by Crippen LogP contribution is 2.15. The number of likely N-dealkylation sites (tertiary alicyclic amines) is 1. The van der Waals surface area contributed by atoms with Crippen molar-refractivity contribution >= 4 is 23.7 Å². The van der Waals surface area contributed by atoms with Crippen LogP contribution in [-0.2, 0) is 9.53 Å². The fourth-order valence-corrected chi connectivity index (χ4v) is 3.54. The molecule has 0 radical (unpaired) electrons. The zero-order valence-corrected chi connectivity index (χ0v) is 14.9. The minimum Gasteiger partial charge on any atom is -0.378 e. The third-order valence-corrected chi connectivity index (χ3v) is 5.16.